The number of aliphatic hydroxyl groups excluding tert-OH is 8. The lowest BCUT2D eigenvalue weighted by Crippen LogP contribution is -2.60. The van der Waals surface area contributed by atoms with Crippen molar-refractivity contribution in [3.63, 3.8) is 0 Å². The van der Waals surface area contributed by atoms with Gasteiger partial charge in [0, 0.05) is 11.1 Å². The second-order valence-electron chi connectivity index (χ2n) is 16.1. The van der Waals surface area contributed by atoms with Crippen LogP contribution in [0.3, 0.4) is 0 Å². The van der Waals surface area contributed by atoms with Crippen LogP contribution in [0.1, 0.15) is 54.4 Å². The second-order valence-corrected chi connectivity index (χ2v) is 16.1. The summed E-state index contributed by atoms with van der Waals surface area (Å²) in [5.41, 5.74) is 5.66. The molecule has 2 fully saturated rings. The quantitative estimate of drug-likeness (QED) is 0.0571. The Labute approximate surface area is 364 Å². The van der Waals surface area contributed by atoms with E-state index in [9.17, 15) is 60.7 Å². The molecule has 2 aliphatic heterocycles. The zero-order valence-electron chi connectivity index (χ0n) is 34.6. The van der Waals surface area contributed by atoms with E-state index in [0.29, 0.717) is 44.9 Å². The Morgan fingerprint density at radius 1 is 0.476 bits per heavy atom. The molecule has 0 spiro atoms. The molecule has 2 aliphatic rings. The van der Waals surface area contributed by atoms with Crippen LogP contribution < -0.4 is 9.47 Å². The van der Waals surface area contributed by atoms with Gasteiger partial charge in [0.25, 0.3) is 0 Å². The molecular weight excluding hydrogens is 821 g/mol. The van der Waals surface area contributed by atoms with Crippen molar-refractivity contribution >= 4 is 11.9 Å². The topological polar surface area (TPSA) is 273 Å². The van der Waals surface area contributed by atoms with Crippen LogP contribution in [-0.4, -0.2) is 138 Å². The highest BCUT2D eigenvalue weighted by atomic mass is 16.7. The smallest absolute Gasteiger partial charge is 0.307 e. The molecule has 10 N–H and O–H groups in total. The summed E-state index contributed by atoms with van der Waals surface area (Å²) in [6, 6.07) is 25.1. The van der Waals surface area contributed by atoms with Gasteiger partial charge in [-0.2, -0.15) is 0 Å². The van der Waals surface area contributed by atoms with Gasteiger partial charge >= 0.3 is 11.9 Å². The SMILES string of the molecule is O=C(O)Cc1cccc(-c2cc(CCCCCCCc3ccc(O[C@H]4O[C@H](CO)[C@@H](O)[C@@H](O)[C@@H]4O)c(-c4cccc(CC(=O)O)c4)c3)ccc2O[C@H]2O[C@H](CO)[C@@H](O)[C@@H](O)[C@@H]2O)c1. The minimum atomic E-state index is -1.62. The molecule has 4 aromatic rings. The highest BCUT2D eigenvalue weighted by molar-refractivity contribution is 5.76. The lowest BCUT2D eigenvalue weighted by molar-refractivity contribution is -0.277. The number of hydrogen-bond acceptors (Lipinski definition) is 14. The van der Waals surface area contributed by atoms with E-state index in [-0.39, 0.29) is 12.8 Å². The van der Waals surface area contributed by atoms with Crippen molar-refractivity contribution in [1.29, 1.82) is 0 Å². The Bertz CT molecular complexity index is 1990. The molecule has 340 valence electrons. The van der Waals surface area contributed by atoms with Gasteiger partial charge in [-0.1, -0.05) is 79.9 Å². The first-order valence-corrected chi connectivity index (χ1v) is 21.1. The summed E-state index contributed by atoms with van der Waals surface area (Å²) in [5.74, 6) is -1.39. The fraction of sp³-hybridized carbons (Fsp3) is 0.447. The third-order valence-corrected chi connectivity index (χ3v) is 11.4. The number of carboxylic acids is 2. The summed E-state index contributed by atoms with van der Waals surface area (Å²) in [5, 5.41) is 101. The van der Waals surface area contributed by atoms with Crippen LogP contribution >= 0.6 is 0 Å². The molecule has 4 aromatic carbocycles. The lowest BCUT2D eigenvalue weighted by Gasteiger charge is -2.39. The Kier molecular flexibility index (Phi) is 16.6. The van der Waals surface area contributed by atoms with Crippen molar-refractivity contribution in [2.24, 2.45) is 0 Å². The van der Waals surface area contributed by atoms with Crippen LogP contribution in [0.25, 0.3) is 22.3 Å². The van der Waals surface area contributed by atoms with Crippen molar-refractivity contribution in [1.82, 2.24) is 0 Å². The fourth-order valence-electron chi connectivity index (χ4n) is 7.94. The molecule has 0 saturated carbocycles. The van der Waals surface area contributed by atoms with E-state index in [0.717, 1.165) is 56.1 Å². The molecular formula is C47H56O16. The van der Waals surface area contributed by atoms with Crippen LogP contribution in [0.5, 0.6) is 11.5 Å². The first kappa shape index (κ1) is 47.5. The molecule has 10 atom stereocenters. The van der Waals surface area contributed by atoms with Crippen LogP contribution in [0.15, 0.2) is 84.9 Å². The Morgan fingerprint density at radius 2 is 0.873 bits per heavy atom. The Morgan fingerprint density at radius 3 is 1.25 bits per heavy atom. The first-order chi connectivity index (χ1) is 30.3. The van der Waals surface area contributed by atoms with Crippen LogP contribution in [-0.2, 0) is 44.7 Å². The van der Waals surface area contributed by atoms with E-state index in [1.54, 1.807) is 48.5 Å². The Balaban J connectivity index is 1.09. The zero-order valence-corrected chi connectivity index (χ0v) is 34.6. The van der Waals surface area contributed by atoms with Gasteiger partial charge in [0.05, 0.1) is 26.1 Å². The van der Waals surface area contributed by atoms with Gasteiger partial charge in [0.15, 0.2) is 0 Å². The summed E-state index contributed by atoms with van der Waals surface area (Å²) < 4.78 is 23.3. The van der Waals surface area contributed by atoms with E-state index in [2.05, 4.69) is 0 Å². The minimum Gasteiger partial charge on any atom is -0.481 e. The summed E-state index contributed by atoms with van der Waals surface area (Å²) in [6.07, 6.45) is -9.07. The average Bonchev–Trinajstić information content (AvgIpc) is 3.26. The molecule has 0 aromatic heterocycles. The standard InChI is InChI=1S/C47H56O16/c48-24-36-40(54)42(56)44(58)46(62-36)60-34-16-14-26(20-32(34)30-12-6-10-28(18-30)22-38(50)51)8-4-2-1-3-5-9-27-15-17-35(61-47-45(59)43(57)41(55)37(25-49)63-47)33(21-27)31-13-7-11-29(19-31)23-39(52)53/h6-7,10-21,36-37,40-49,54-59H,1-5,8-9,22-25H2,(H,50,51)(H,52,53)/t36-,37-,40-,41-,42-,43-,44+,45+,46+,47+/m1/s1. The maximum atomic E-state index is 11.5. The Hall–Kier alpha value is -4.98. The highest BCUT2D eigenvalue weighted by Crippen LogP contribution is 2.37. The third kappa shape index (κ3) is 12.2. The third-order valence-electron chi connectivity index (χ3n) is 11.4. The van der Waals surface area contributed by atoms with E-state index in [4.69, 9.17) is 18.9 Å². The van der Waals surface area contributed by atoms with E-state index in [1.165, 1.54) is 0 Å². The van der Waals surface area contributed by atoms with Crippen molar-refractivity contribution in [2.75, 3.05) is 13.2 Å². The molecule has 0 amide bonds. The summed E-state index contributed by atoms with van der Waals surface area (Å²) in [4.78, 5) is 22.9. The minimum absolute atomic E-state index is 0.189. The van der Waals surface area contributed by atoms with Gasteiger partial charge in [-0.05, 0) is 83.3 Å². The van der Waals surface area contributed by atoms with Gasteiger partial charge in [-0.25, -0.2) is 0 Å². The number of aliphatic carboxylic acids is 2. The van der Waals surface area contributed by atoms with Gasteiger partial charge < -0.3 is 70.0 Å². The van der Waals surface area contributed by atoms with Crippen molar-refractivity contribution in [3.05, 3.63) is 107 Å². The maximum Gasteiger partial charge on any atom is 0.307 e. The number of ether oxygens (including phenoxy) is 4. The number of carboxylic acid groups (broad SMARTS) is 2. The van der Waals surface area contributed by atoms with Crippen molar-refractivity contribution in [3.8, 4) is 33.8 Å². The fourth-order valence-corrected chi connectivity index (χ4v) is 7.94. The zero-order chi connectivity index (χ0) is 45.2. The molecule has 0 aliphatic carbocycles. The van der Waals surface area contributed by atoms with Gasteiger partial charge in [0.1, 0.15) is 60.3 Å². The van der Waals surface area contributed by atoms with Crippen molar-refractivity contribution in [2.45, 2.75) is 119 Å². The average molecular weight is 877 g/mol. The molecule has 2 heterocycles. The lowest BCUT2D eigenvalue weighted by atomic mass is 9.96. The van der Waals surface area contributed by atoms with Gasteiger partial charge in [0.2, 0.25) is 12.6 Å². The number of hydrogen-bond donors (Lipinski definition) is 10. The normalized spacial score (nSPS) is 26.0. The predicted molar refractivity (Wildman–Crippen MR) is 226 cm³/mol. The molecule has 0 bridgehead atoms. The largest absolute Gasteiger partial charge is 0.481 e. The summed E-state index contributed by atoms with van der Waals surface area (Å²) in [7, 11) is 0. The first-order valence-electron chi connectivity index (χ1n) is 21.1. The van der Waals surface area contributed by atoms with Crippen LogP contribution in [0.4, 0.5) is 0 Å². The molecule has 6 rings (SSSR count). The number of rotatable bonds is 20. The number of carbonyl (C=O) groups is 2. The van der Waals surface area contributed by atoms with Crippen LogP contribution in [0.2, 0.25) is 0 Å². The van der Waals surface area contributed by atoms with E-state index in [1.807, 2.05) is 36.4 Å². The molecule has 0 unspecified atom stereocenters. The van der Waals surface area contributed by atoms with E-state index >= 15 is 0 Å². The van der Waals surface area contributed by atoms with Crippen LogP contribution in [0, 0.1) is 0 Å². The molecule has 2 saturated heterocycles. The molecule has 63 heavy (non-hydrogen) atoms. The monoisotopic (exact) mass is 876 g/mol. The number of aliphatic hydroxyl groups is 8. The summed E-state index contributed by atoms with van der Waals surface area (Å²) >= 11 is 0. The molecule has 16 nitrogen and oxygen atoms in total. The maximum absolute atomic E-state index is 11.5. The number of unbranched alkanes of at least 4 members (excludes halogenated alkanes) is 4. The highest BCUT2D eigenvalue weighted by Gasteiger charge is 2.46. The second kappa shape index (κ2) is 22.1. The number of benzene rings is 4. The van der Waals surface area contributed by atoms with Gasteiger partial charge in [-0.15, -0.1) is 0 Å². The van der Waals surface area contributed by atoms with Gasteiger partial charge in [-0.3, -0.25) is 9.59 Å². The molecule has 16 heteroatoms. The van der Waals surface area contributed by atoms with Crippen molar-refractivity contribution < 1.29 is 79.6 Å². The number of aryl methyl sites for hydroxylation is 2. The summed E-state index contributed by atoms with van der Waals surface area (Å²) in [6.45, 7) is -1.22. The van der Waals surface area contributed by atoms with E-state index < -0.39 is 86.6 Å². The predicted octanol–water partition coefficient (Wildman–Crippen LogP) is 2.37. The molecule has 0 radical (unpaired) electrons.